The molecule has 2 unspecified atom stereocenters. The van der Waals surface area contributed by atoms with Gasteiger partial charge in [-0.15, -0.1) is 0 Å². The van der Waals surface area contributed by atoms with E-state index in [4.69, 9.17) is 11.6 Å². The van der Waals surface area contributed by atoms with Crippen molar-refractivity contribution >= 4 is 29.1 Å². The highest BCUT2D eigenvalue weighted by molar-refractivity contribution is 6.31. The minimum Gasteiger partial charge on any atom is -0.333 e. The number of nitrogens with one attached hydrogen (secondary N) is 1. The van der Waals surface area contributed by atoms with E-state index < -0.39 is 17.2 Å². The maximum Gasteiger partial charge on any atom is 0.331 e. The number of likely N-dealkylation sites (tertiary alicyclic amines) is 1. The first kappa shape index (κ1) is 21.8. The third-order valence-electron chi connectivity index (χ3n) is 5.49. The molecule has 3 rings (SSSR count). The van der Waals surface area contributed by atoms with Crippen molar-refractivity contribution in [2.24, 2.45) is 7.05 Å². The zero-order chi connectivity index (χ0) is 22.0. The molecule has 2 amide bonds. The van der Waals surface area contributed by atoms with E-state index in [0.717, 1.165) is 28.4 Å². The van der Waals surface area contributed by atoms with Gasteiger partial charge in [0.25, 0.3) is 11.5 Å². The number of rotatable bonds is 4. The Kier molecular flexibility index (Phi) is 6.45. The summed E-state index contributed by atoms with van der Waals surface area (Å²) in [6, 6.07) is 6.11. The first-order valence-electron chi connectivity index (χ1n) is 9.87. The number of benzene rings is 1. The van der Waals surface area contributed by atoms with Crippen molar-refractivity contribution in [2.75, 3.05) is 5.32 Å². The van der Waals surface area contributed by atoms with Crippen molar-refractivity contribution in [2.45, 2.75) is 51.7 Å². The normalized spacial score (nSPS) is 18.9. The SMILES string of the molecule is CC1CCCC(C)N1C(=O)c1cc(Cl)ccc1NC(=O)Cn1ccc(=O)n(C)c1=O. The molecule has 9 heteroatoms. The lowest BCUT2D eigenvalue weighted by atomic mass is 9.96. The minimum atomic E-state index is -0.596. The van der Waals surface area contributed by atoms with Crippen LogP contribution in [0.1, 0.15) is 43.5 Å². The predicted octanol–water partition coefficient (Wildman–Crippen LogP) is 2.24. The van der Waals surface area contributed by atoms with Gasteiger partial charge in [-0.25, -0.2) is 4.79 Å². The molecule has 1 N–H and O–H groups in total. The number of carbonyl (C=O) groups is 2. The zero-order valence-electron chi connectivity index (χ0n) is 17.2. The molecule has 0 bridgehead atoms. The summed E-state index contributed by atoms with van der Waals surface area (Å²) >= 11 is 6.13. The Morgan fingerprint density at radius 2 is 1.80 bits per heavy atom. The van der Waals surface area contributed by atoms with Gasteiger partial charge in [-0.05, 0) is 51.3 Å². The van der Waals surface area contributed by atoms with Gasteiger partial charge >= 0.3 is 5.69 Å². The van der Waals surface area contributed by atoms with Crippen molar-refractivity contribution in [3.8, 4) is 0 Å². The van der Waals surface area contributed by atoms with Gasteiger partial charge in [0, 0.05) is 36.4 Å². The minimum absolute atomic E-state index is 0.0907. The summed E-state index contributed by atoms with van der Waals surface area (Å²) in [4.78, 5) is 51.4. The van der Waals surface area contributed by atoms with Gasteiger partial charge in [-0.2, -0.15) is 0 Å². The molecule has 160 valence electrons. The Labute approximate surface area is 179 Å². The summed E-state index contributed by atoms with van der Waals surface area (Å²) in [5.74, 6) is -0.682. The summed E-state index contributed by atoms with van der Waals surface area (Å²) in [5, 5.41) is 3.10. The molecule has 1 aliphatic heterocycles. The first-order valence-corrected chi connectivity index (χ1v) is 10.3. The molecular weight excluding hydrogens is 408 g/mol. The lowest BCUT2D eigenvalue weighted by Gasteiger charge is -2.39. The third-order valence-corrected chi connectivity index (χ3v) is 5.72. The van der Waals surface area contributed by atoms with Crippen LogP contribution in [-0.4, -0.2) is 37.9 Å². The standard InChI is InChI=1S/C21H25ClN4O4/c1-13-5-4-6-14(2)26(13)20(29)16-11-15(22)7-8-17(16)23-18(27)12-25-10-9-19(28)24(3)21(25)30/h7-11,13-14H,4-6,12H2,1-3H3,(H,23,27). The molecule has 30 heavy (non-hydrogen) atoms. The van der Waals surface area contributed by atoms with Crippen molar-refractivity contribution in [3.05, 3.63) is 61.9 Å². The molecule has 1 aliphatic rings. The van der Waals surface area contributed by atoms with Crippen molar-refractivity contribution in [1.29, 1.82) is 0 Å². The van der Waals surface area contributed by atoms with Crippen LogP contribution < -0.4 is 16.6 Å². The van der Waals surface area contributed by atoms with E-state index in [-0.39, 0.29) is 24.5 Å². The van der Waals surface area contributed by atoms with E-state index in [1.165, 1.54) is 19.3 Å². The Bertz CT molecular complexity index is 1080. The maximum atomic E-state index is 13.3. The second-order valence-electron chi connectivity index (χ2n) is 7.70. The number of amides is 2. The van der Waals surface area contributed by atoms with Gasteiger partial charge in [0.05, 0.1) is 11.3 Å². The van der Waals surface area contributed by atoms with Crippen LogP contribution in [0, 0.1) is 0 Å². The average Bonchev–Trinajstić information content (AvgIpc) is 2.69. The van der Waals surface area contributed by atoms with Crippen LogP contribution in [0.15, 0.2) is 40.1 Å². The van der Waals surface area contributed by atoms with Crippen molar-refractivity contribution < 1.29 is 9.59 Å². The summed E-state index contributed by atoms with van der Waals surface area (Å²) in [5.41, 5.74) is -0.408. The highest BCUT2D eigenvalue weighted by atomic mass is 35.5. The molecule has 1 fully saturated rings. The van der Waals surface area contributed by atoms with Crippen LogP contribution in [-0.2, 0) is 18.4 Å². The van der Waals surface area contributed by atoms with E-state index in [0.29, 0.717) is 16.3 Å². The van der Waals surface area contributed by atoms with E-state index in [2.05, 4.69) is 5.32 Å². The molecule has 1 aromatic carbocycles. The topological polar surface area (TPSA) is 93.4 Å². The smallest absolute Gasteiger partial charge is 0.331 e. The number of nitrogens with zero attached hydrogens (tertiary/aromatic N) is 3. The Morgan fingerprint density at radius 3 is 2.47 bits per heavy atom. The van der Waals surface area contributed by atoms with Gasteiger partial charge in [0.2, 0.25) is 5.91 Å². The van der Waals surface area contributed by atoms with Crippen LogP contribution >= 0.6 is 11.6 Å². The molecule has 1 saturated heterocycles. The Morgan fingerprint density at radius 1 is 1.13 bits per heavy atom. The van der Waals surface area contributed by atoms with E-state index in [9.17, 15) is 19.2 Å². The lowest BCUT2D eigenvalue weighted by Crippen LogP contribution is -2.47. The van der Waals surface area contributed by atoms with Crippen LogP contribution in [0.4, 0.5) is 5.69 Å². The quantitative estimate of drug-likeness (QED) is 0.801. The van der Waals surface area contributed by atoms with Gasteiger partial charge in [-0.3, -0.25) is 23.5 Å². The molecule has 2 heterocycles. The largest absolute Gasteiger partial charge is 0.333 e. The molecule has 0 spiro atoms. The fourth-order valence-electron chi connectivity index (χ4n) is 3.84. The molecule has 2 aromatic rings. The van der Waals surface area contributed by atoms with Gasteiger partial charge < -0.3 is 10.2 Å². The second kappa shape index (κ2) is 8.87. The van der Waals surface area contributed by atoms with Crippen LogP contribution in [0.25, 0.3) is 0 Å². The molecular formula is C21H25ClN4O4. The predicted molar refractivity (Wildman–Crippen MR) is 115 cm³/mol. The van der Waals surface area contributed by atoms with Gasteiger partial charge in [0.15, 0.2) is 0 Å². The summed E-state index contributed by atoms with van der Waals surface area (Å²) in [6.45, 7) is 3.74. The Hall–Kier alpha value is -2.87. The third kappa shape index (κ3) is 4.48. The monoisotopic (exact) mass is 432 g/mol. The molecule has 0 radical (unpaired) electrons. The fraction of sp³-hybridized carbons (Fsp3) is 0.429. The Balaban J connectivity index is 1.86. The highest BCUT2D eigenvalue weighted by Crippen LogP contribution is 2.28. The van der Waals surface area contributed by atoms with Gasteiger partial charge in [-0.1, -0.05) is 11.6 Å². The molecule has 2 atom stereocenters. The van der Waals surface area contributed by atoms with Crippen LogP contribution in [0.2, 0.25) is 5.02 Å². The summed E-state index contributed by atoms with van der Waals surface area (Å²) in [7, 11) is 1.34. The summed E-state index contributed by atoms with van der Waals surface area (Å²) < 4.78 is 2.05. The maximum absolute atomic E-state index is 13.3. The fourth-order valence-corrected chi connectivity index (χ4v) is 4.02. The molecule has 0 aliphatic carbocycles. The average molecular weight is 433 g/mol. The second-order valence-corrected chi connectivity index (χ2v) is 8.14. The van der Waals surface area contributed by atoms with E-state index >= 15 is 0 Å². The summed E-state index contributed by atoms with van der Waals surface area (Å²) in [6.07, 6.45) is 4.19. The van der Waals surface area contributed by atoms with Crippen molar-refractivity contribution in [1.82, 2.24) is 14.0 Å². The van der Waals surface area contributed by atoms with Crippen LogP contribution in [0.5, 0.6) is 0 Å². The lowest BCUT2D eigenvalue weighted by molar-refractivity contribution is -0.116. The zero-order valence-corrected chi connectivity index (χ0v) is 18.0. The molecule has 8 nitrogen and oxygen atoms in total. The van der Waals surface area contributed by atoms with Crippen LogP contribution in [0.3, 0.4) is 0 Å². The number of hydrogen-bond donors (Lipinski definition) is 1. The molecule has 1 aromatic heterocycles. The number of aromatic nitrogens is 2. The number of anilines is 1. The molecule has 0 saturated carbocycles. The number of halogens is 1. The number of piperidine rings is 1. The number of hydrogen-bond acceptors (Lipinski definition) is 4. The van der Waals surface area contributed by atoms with E-state index in [1.807, 2.05) is 18.7 Å². The first-order chi connectivity index (χ1) is 14.2. The highest BCUT2D eigenvalue weighted by Gasteiger charge is 2.31. The number of carbonyl (C=O) groups excluding carboxylic acids is 2. The van der Waals surface area contributed by atoms with E-state index in [1.54, 1.807) is 18.2 Å². The van der Waals surface area contributed by atoms with Crippen molar-refractivity contribution in [3.63, 3.8) is 0 Å². The van der Waals surface area contributed by atoms with Gasteiger partial charge in [0.1, 0.15) is 6.54 Å².